The number of halogens is 2. The number of aliphatic hydroxyl groups is 1. The summed E-state index contributed by atoms with van der Waals surface area (Å²) in [4.78, 5) is 0. The summed E-state index contributed by atoms with van der Waals surface area (Å²) < 4.78 is 11.0. The molecule has 0 aromatic heterocycles. The Balaban J connectivity index is 2.21. The monoisotopic (exact) mass is 304 g/mol. The molecule has 0 saturated carbocycles. The lowest BCUT2D eigenvalue weighted by Gasteiger charge is -2.28. The third-order valence-corrected chi connectivity index (χ3v) is 3.86. The molecule has 19 heavy (non-hydrogen) atoms. The van der Waals surface area contributed by atoms with Gasteiger partial charge in [-0.15, -0.1) is 0 Å². The normalized spacial score (nSPS) is 21.2. The predicted octanol–water partition coefficient (Wildman–Crippen LogP) is 3.99. The highest BCUT2D eigenvalue weighted by Crippen LogP contribution is 2.37. The molecule has 0 amide bonds. The van der Waals surface area contributed by atoms with E-state index in [2.05, 4.69) is 0 Å². The van der Waals surface area contributed by atoms with Crippen molar-refractivity contribution in [1.29, 1.82) is 0 Å². The zero-order chi connectivity index (χ0) is 13.8. The Bertz CT molecular complexity index is 431. The van der Waals surface area contributed by atoms with E-state index in [1.54, 1.807) is 12.1 Å². The fourth-order valence-corrected chi connectivity index (χ4v) is 2.74. The first-order chi connectivity index (χ1) is 9.13. The van der Waals surface area contributed by atoms with Crippen LogP contribution in [0, 0.1) is 0 Å². The number of ether oxygens (including phenoxy) is 2. The van der Waals surface area contributed by atoms with Gasteiger partial charge in [-0.25, -0.2) is 0 Å². The molecule has 3 nitrogen and oxygen atoms in total. The maximum absolute atomic E-state index is 10.4. The highest BCUT2D eigenvalue weighted by molar-refractivity contribution is 6.34. The highest BCUT2D eigenvalue weighted by atomic mass is 35.5. The van der Waals surface area contributed by atoms with Crippen molar-refractivity contribution < 1.29 is 14.6 Å². The van der Waals surface area contributed by atoms with Gasteiger partial charge >= 0.3 is 0 Å². The molecule has 1 fully saturated rings. The summed E-state index contributed by atoms with van der Waals surface area (Å²) in [5.74, 6) is 0.537. The van der Waals surface area contributed by atoms with Gasteiger partial charge in [0.1, 0.15) is 11.9 Å². The molecule has 0 spiro atoms. The van der Waals surface area contributed by atoms with E-state index < -0.39 is 6.10 Å². The lowest BCUT2D eigenvalue weighted by molar-refractivity contribution is -0.0633. The fourth-order valence-electron chi connectivity index (χ4n) is 2.25. The van der Waals surface area contributed by atoms with Crippen molar-refractivity contribution in [2.75, 3.05) is 13.2 Å². The van der Waals surface area contributed by atoms with Gasteiger partial charge in [-0.3, -0.25) is 0 Å². The van der Waals surface area contributed by atoms with E-state index in [-0.39, 0.29) is 6.10 Å². The lowest BCUT2D eigenvalue weighted by Crippen LogP contribution is -2.26. The third-order valence-electron chi connectivity index (χ3n) is 3.24. The fraction of sp³-hybridized carbons (Fsp3) is 0.571. The number of aliphatic hydroxyl groups excluding tert-OH is 1. The molecule has 1 aliphatic heterocycles. The Hall–Kier alpha value is -0.480. The van der Waals surface area contributed by atoms with Crippen molar-refractivity contribution >= 4 is 23.2 Å². The lowest BCUT2D eigenvalue weighted by atomic mass is 9.98. The largest absolute Gasteiger partial charge is 0.492 e. The summed E-state index contributed by atoms with van der Waals surface area (Å²) in [5.41, 5.74) is 0.599. The van der Waals surface area contributed by atoms with Crippen LogP contribution in [-0.4, -0.2) is 24.4 Å². The highest BCUT2D eigenvalue weighted by Gasteiger charge is 2.26. The van der Waals surface area contributed by atoms with Crippen LogP contribution in [0.15, 0.2) is 12.1 Å². The molecule has 0 bridgehead atoms. The second kappa shape index (κ2) is 6.80. The first-order valence-electron chi connectivity index (χ1n) is 6.55. The van der Waals surface area contributed by atoms with Gasteiger partial charge in [-0.1, -0.05) is 23.2 Å². The summed E-state index contributed by atoms with van der Waals surface area (Å²) in [5, 5.41) is 11.3. The van der Waals surface area contributed by atoms with Crippen LogP contribution in [0.4, 0.5) is 0 Å². The standard InChI is InChI=1S/C14H18Cl2O3/c1-2-18-13-8-10(15)9(7-11(13)16)14(17)12-5-3-4-6-19-12/h7-8,12,14,17H,2-6H2,1H3. The van der Waals surface area contributed by atoms with Crippen LogP contribution in [0.5, 0.6) is 5.75 Å². The van der Waals surface area contributed by atoms with Gasteiger partial charge < -0.3 is 14.6 Å². The summed E-state index contributed by atoms with van der Waals surface area (Å²) in [6.07, 6.45) is 1.98. The zero-order valence-corrected chi connectivity index (χ0v) is 12.4. The predicted molar refractivity (Wildman–Crippen MR) is 76.2 cm³/mol. The third kappa shape index (κ3) is 3.54. The van der Waals surface area contributed by atoms with Gasteiger partial charge in [0.2, 0.25) is 0 Å². The van der Waals surface area contributed by atoms with Crippen molar-refractivity contribution in [2.45, 2.75) is 38.4 Å². The Labute approximate surface area is 123 Å². The topological polar surface area (TPSA) is 38.7 Å². The molecular formula is C14H18Cl2O3. The summed E-state index contributed by atoms with van der Waals surface area (Å²) in [7, 11) is 0. The van der Waals surface area contributed by atoms with Crippen LogP contribution >= 0.6 is 23.2 Å². The molecular weight excluding hydrogens is 287 g/mol. The molecule has 1 heterocycles. The van der Waals surface area contributed by atoms with Crippen LogP contribution in [0.25, 0.3) is 0 Å². The van der Waals surface area contributed by atoms with Crippen LogP contribution < -0.4 is 4.74 Å². The molecule has 2 rings (SSSR count). The van der Waals surface area contributed by atoms with Crippen molar-refractivity contribution in [1.82, 2.24) is 0 Å². The maximum atomic E-state index is 10.4. The van der Waals surface area contributed by atoms with Crippen molar-refractivity contribution in [3.8, 4) is 5.75 Å². The second-order valence-electron chi connectivity index (χ2n) is 4.59. The summed E-state index contributed by atoms with van der Waals surface area (Å²) >= 11 is 12.3. The smallest absolute Gasteiger partial charge is 0.139 e. The summed E-state index contributed by atoms with van der Waals surface area (Å²) in [6, 6.07) is 3.31. The van der Waals surface area contributed by atoms with Crippen LogP contribution in [0.2, 0.25) is 10.0 Å². The van der Waals surface area contributed by atoms with Gasteiger partial charge in [-0.2, -0.15) is 0 Å². The van der Waals surface area contributed by atoms with Gasteiger partial charge in [0, 0.05) is 18.2 Å². The van der Waals surface area contributed by atoms with E-state index in [1.165, 1.54) is 0 Å². The van der Waals surface area contributed by atoms with Gasteiger partial charge in [-0.05, 0) is 32.3 Å². The van der Waals surface area contributed by atoms with E-state index in [9.17, 15) is 5.11 Å². The van der Waals surface area contributed by atoms with Crippen molar-refractivity contribution in [3.63, 3.8) is 0 Å². The van der Waals surface area contributed by atoms with Crippen molar-refractivity contribution in [2.24, 2.45) is 0 Å². The Morgan fingerprint density at radius 3 is 2.79 bits per heavy atom. The second-order valence-corrected chi connectivity index (χ2v) is 5.40. The number of benzene rings is 1. The molecule has 1 N–H and O–H groups in total. The number of hydrogen-bond acceptors (Lipinski definition) is 3. The average Bonchev–Trinajstić information content (AvgIpc) is 2.43. The molecule has 2 unspecified atom stereocenters. The maximum Gasteiger partial charge on any atom is 0.139 e. The molecule has 2 atom stereocenters. The van der Waals surface area contributed by atoms with Gasteiger partial charge in [0.05, 0.1) is 22.8 Å². The average molecular weight is 305 g/mol. The minimum Gasteiger partial charge on any atom is -0.492 e. The molecule has 0 aliphatic carbocycles. The van der Waals surface area contributed by atoms with E-state index >= 15 is 0 Å². The minimum absolute atomic E-state index is 0.208. The van der Waals surface area contributed by atoms with Gasteiger partial charge in [0.25, 0.3) is 0 Å². The molecule has 106 valence electrons. The van der Waals surface area contributed by atoms with Crippen LogP contribution in [0.3, 0.4) is 0 Å². The number of rotatable bonds is 4. The SMILES string of the molecule is CCOc1cc(Cl)c(C(O)C2CCCCO2)cc1Cl. The molecule has 1 aromatic carbocycles. The van der Waals surface area contributed by atoms with Crippen LogP contribution in [0.1, 0.15) is 37.9 Å². The molecule has 1 saturated heterocycles. The van der Waals surface area contributed by atoms with E-state index in [0.29, 0.717) is 34.6 Å². The summed E-state index contributed by atoms with van der Waals surface area (Å²) in [6.45, 7) is 3.08. The quantitative estimate of drug-likeness (QED) is 0.914. The van der Waals surface area contributed by atoms with Crippen molar-refractivity contribution in [3.05, 3.63) is 27.7 Å². The first kappa shape index (κ1) is 14.9. The zero-order valence-electron chi connectivity index (χ0n) is 10.9. The van der Waals surface area contributed by atoms with Gasteiger partial charge in [0.15, 0.2) is 0 Å². The van der Waals surface area contributed by atoms with E-state index in [0.717, 1.165) is 19.3 Å². The Morgan fingerprint density at radius 2 is 2.16 bits per heavy atom. The molecule has 1 aromatic rings. The molecule has 1 aliphatic rings. The van der Waals surface area contributed by atoms with E-state index in [4.69, 9.17) is 32.7 Å². The first-order valence-corrected chi connectivity index (χ1v) is 7.30. The van der Waals surface area contributed by atoms with E-state index in [1.807, 2.05) is 6.92 Å². The molecule has 0 radical (unpaired) electrons. The Kier molecular flexibility index (Phi) is 5.34. The van der Waals surface area contributed by atoms with Crippen LogP contribution in [-0.2, 0) is 4.74 Å². The Morgan fingerprint density at radius 1 is 1.37 bits per heavy atom. The molecule has 5 heteroatoms. The minimum atomic E-state index is -0.749. The number of hydrogen-bond donors (Lipinski definition) is 1.